The van der Waals surface area contributed by atoms with Gasteiger partial charge in [-0.15, -0.1) is 0 Å². The summed E-state index contributed by atoms with van der Waals surface area (Å²) in [5, 5.41) is 0.899. The molecular weight excluding hydrogens is 722 g/mol. The third kappa shape index (κ3) is 9.74. The lowest BCUT2D eigenvalue weighted by Crippen LogP contribution is -2.35. The number of fused-ring (bicyclic) bond motifs is 1. The zero-order valence-corrected chi connectivity index (χ0v) is 31.2. The number of carbonyl (C=O) groups is 1. The number of nitrogens with zero attached hydrogens (tertiary/aromatic N) is 5. The number of benzene rings is 3. The van der Waals surface area contributed by atoms with Crippen LogP contribution in [0.1, 0.15) is 34.7 Å². The Labute approximate surface area is 311 Å². The quantitative estimate of drug-likeness (QED) is 0.116. The van der Waals surface area contributed by atoms with E-state index in [0.29, 0.717) is 45.9 Å². The number of imidazole rings is 1. The van der Waals surface area contributed by atoms with E-state index in [9.17, 15) is 18.0 Å². The molecule has 52 heavy (non-hydrogen) atoms. The van der Waals surface area contributed by atoms with Crippen molar-refractivity contribution in [2.75, 3.05) is 85.8 Å². The van der Waals surface area contributed by atoms with E-state index in [1.807, 2.05) is 41.0 Å². The standard InChI is InChI=1S/C37H44Cl2F3N5O5/c1-44(35(48)27-21-32(49-2)34(51-4)33(22-27)50-3)23-26(25-10-11-28(38)29(39)20-25)12-15-45-13-7-14-46(17-16-45)36-43-30-8-5-6-9-31(30)47(36)18-19-52-24-37(40,41)42/h5-6,8-11,20-22,26H,7,12-19,23-24H2,1-4H3. The van der Waals surface area contributed by atoms with E-state index < -0.39 is 12.8 Å². The fourth-order valence-corrected chi connectivity index (χ4v) is 6.88. The molecule has 0 bridgehead atoms. The maximum atomic E-state index is 13.8. The predicted molar refractivity (Wildman–Crippen MR) is 197 cm³/mol. The van der Waals surface area contributed by atoms with Gasteiger partial charge in [-0.05, 0) is 67.9 Å². The van der Waals surface area contributed by atoms with Gasteiger partial charge in [0.25, 0.3) is 5.91 Å². The van der Waals surface area contributed by atoms with Crippen LogP contribution in [0.25, 0.3) is 11.0 Å². The van der Waals surface area contributed by atoms with E-state index in [4.69, 9.17) is 47.1 Å². The molecule has 15 heteroatoms. The van der Waals surface area contributed by atoms with Crippen molar-refractivity contribution in [2.45, 2.75) is 31.5 Å². The molecule has 1 unspecified atom stereocenters. The van der Waals surface area contributed by atoms with E-state index in [1.165, 1.54) is 21.3 Å². The molecule has 0 saturated carbocycles. The molecule has 0 N–H and O–H groups in total. The van der Waals surface area contributed by atoms with Crippen LogP contribution in [0.2, 0.25) is 10.0 Å². The molecule has 5 rings (SSSR count). The van der Waals surface area contributed by atoms with E-state index in [2.05, 4.69) is 9.80 Å². The smallest absolute Gasteiger partial charge is 0.411 e. The lowest BCUT2D eigenvalue weighted by Gasteiger charge is -2.28. The Morgan fingerprint density at radius 3 is 2.33 bits per heavy atom. The molecule has 0 aliphatic carbocycles. The van der Waals surface area contributed by atoms with E-state index in [0.717, 1.165) is 61.6 Å². The van der Waals surface area contributed by atoms with Crippen molar-refractivity contribution in [3.63, 3.8) is 0 Å². The number of para-hydroxylation sites is 2. The van der Waals surface area contributed by atoms with Gasteiger partial charge in [-0.1, -0.05) is 41.4 Å². The van der Waals surface area contributed by atoms with Crippen molar-refractivity contribution in [2.24, 2.45) is 0 Å². The number of methoxy groups -OCH3 is 3. The molecule has 1 aromatic heterocycles. The van der Waals surface area contributed by atoms with Crippen LogP contribution in [0.5, 0.6) is 17.2 Å². The summed E-state index contributed by atoms with van der Waals surface area (Å²) in [7, 11) is 6.29. The van der Waals surface area contributed by atoms with Crippen LogP contribution in [0.15, 0.2) is 54.6 Å². The predicted octanol–water partition coefficient (Wildman–Crippen LogP) is 7.41. The third-order valence-corrected chi connectivity index (χ3v) is 9.93. The van der Waals surface area contributed by atoms with Gasteiger partial charge in [0.15, 0.2) is 11.5 Å². The molecule has 0 radical (unpaired) electrons. The summed E-state index contributed by atoms with van der Waals surface area (Å²) < 4.78 is 61.4. The summed E-state index contributed by atoms with van der Waals surface area (Å²) in [4.78, 5) is 24.9. The van der Waals surface area contributed by atoms with Gasteiger partial charge in [-0.3, -0.25) is 4.79 Å². The van der Waals surface area contributed by atoms with Gasteiger partial charge in [-0.25, -0.2) is 4.98 Å². The second kappa shape index (κ2) is 17.7. The maximum absolute atomic E-state index is 13.8. The first-order valence-corrected chi connectivity index (χ1v) is 17.8. The molecule has 10 nitrogen and oxygen atoms in total. The summed E-state index contributed by atoms with van der Waals surface area (Å²) in [5.41, 5.74) is 3.00. The molecule has 2 heterocycles. The zero-order chi connectivity index (χ0) is 37.4. The van der Waals surface area contributed by atoms with E-state index in [-0.39, 0.29) is 25.0 Å². The van der Waals surface area contributed by atoms with Crippen LogP contribution < -0.4 is 19.1 Å². The number of hydrogen-bond donors (Lipinski definition) is 0. The van der Waals surface area contributed by atoms with Crippen molar-refractivity contribution in [1.82, 2.24) is 19.4 Å². The number of hydrogen-bond acceptors (Lipinski definition) is 8. The normalized spacial score (nSPS) is 14.7. The topological polar surface area (TPSA) is 81.5 Å². The fourth-order valence-electron chi connectivity index (χ4n) is 6.57. The minimum Gasteiger partial charge on any atom is -0.493 e. The Kier molecular flexibility index (Phi) is 13.4. The van der Waals surface area contributed by atoms with Crippen LogP contribution in [0.3, 0.4) is 0 Å². The highest BCUT2D eigenvalue weighted by atomic mass is 35.5. The molecule has 1 amide bonds. The number of halogens is 5. The average molecular weight is 767 g/mol. The van der Waals surface area contributed by atoms with Gasteiger partial charge >= 0.3 is 6.18 Å². The Morgan fingerprint density at radius 1 is 0.923 bits per heavy atom. The zero-order valence-electron chi connectivity index (χ0n) is 29.7. The Bertz CT molecular complexity index is 1800. The first kappa shape index (κ1) is 39.3. The summed E-state index contributed by atoms with van der Waals surface area (Å²) >= 11 is 12.7. The van der Waals surface area contributed by atoms with Crippen molar-refractivity contribution < 1.29 is 36.9 Å². The molecule has 282 valence electrons. The van der Waals surface area contributed by atoms with Crippen LogP contribution in [0.4, 0.5) is 19.1 Å². The van der Waals surface area contributed by atoms with Crippen molar-refractivity contribution in [3.8, 4) is 17.2 Å². The minimum absolute atomic E-state index is 0.0639. The molecule has 3 aromatic carbocycles. The average Bonchev–Trinajstić information content (AvgIpc) is 3.33. The van der Waals surface area contributed by atoms with Gasteiger partial charge in [0.1, 0.15) is 6.61 Å². The van der Waals surface area contributed by atoms with Gasteiger partial charge in [0, 0.05) is 51.3 Å². The van der Waals surface area contributed by atoms with E-state index >= 15 is 0 Å². The minimum atomic E-state index is -4.38. The largest absolute Gasteiger partial charge is 0.493 e. The molecular formula is C37H44Cl2F3N5O5. The molecule has 1 aliphatic heterocycles. The molecule has 1 fully saturated rings. The van der Waals surface area contributed by atoms with Crippen molar-refractivity contribution in [1.29, 1.82) is 0 Å². The summed E-state index contributed by atoms with van der Waals surface area (Å²) in [6.45, 7) is 3.07. The lowest BCUT2D eigenvalue weighted by molar-refractivity contribution is -0.174. The highest BCUT2D eigenvalue weighted by Crippen LogP contribution is 2.39. The fraction of sp³-hybridized carbons (Fsp3) is 0.459. The first-order chi connectivity index (χ1) is 24.9. The summed E-state index contributed by atoms with van der Waals surface area (Å²) in [6.07, 6.45) is -2.78. The van der Waals surface area contributed by atoms with Gasteiger partial charge in [0.05, 0.1) is 49.0 Å². The van der Waals surface area contributed by atoms with Crippen molar-refractivity contribution >= 4 is 46.1 Å². The van der Waals surface area contributed by atoms with Crippen LogP contribution in [-0.2, 0) is 11.3 Å². The van der Waals surface area contributed by atoms with Crippen molar-refractivity contribution in [3.05, 3.63) is 75.8 Å². The SMILES string of the molecule is COc1cc(C(=O)N(C)CC(CCN2CCCN(c3nc4ccccc4n3CCOCC(F)(F)F)CC2)c2ccc(Cl)c(Cl)c2)cc(OC)c1OC. The van der Waals surface area contributed by atoms with Crippen LogP contribution >= 0.6 is 23.2 Å². The number of anilines is 1. The Morgan fingerprint density at radius 2 is 1.65 bits per heavy atom. The third-order valence-electron chi connectivity index (χ3n) is 9.19. The van der Waals surface area contributed by atoms with Crippen LogP contribution in [-0.4, -0.2) is 112 Å². The summed E-state index contributed by atoms with van der Waals surface area (Å²) in [6, 6.07) is 16.5. The Hall–Kier alpha value is -3.91. The second-order valence-corrected chi connectivity index (χ2v) is 13.5. The van der Waals surface area contributed by atoms with Gasteiger partial charge in [-0.2, -0.15) is 13.2 Å². The monoisotopic (exact) mass is 765 g/mol. The molecule has 0 spiro atoms. The first-order valence-electron chi connectivity index (χ1n) is 17.0. The number of amides is 1. The lowest BCUT2D eigenvalue weighted by atomic mass is 9.94. The van der Waals surface area contributed by atoms with Gasteiger partial charge < -0.3 is 38.2 Å². The van der Waals surface area contributed by atoms with E-state index in [1.54, 1.807) is 30.1 Å². The number of aromatic nitrogens is 2. The second-order valence-electron chi connectivity index (χ2n) is 12.7. The molecule has 1 atom stereocenters. The highest BCUT2D eigenvalue weighted by Gasteiger charge is 2.28. The molecule has 1 saturated heterocycles. The number of likely N-dealkylation sites (N-methyl/N-ethyl adjacent to an activating group) is 1. The molecule has 1 aliphatic rings. The van der Waals surface area contributed by atoms with Gasteiger partial charge in [0.2, 0.25) is 11.7 Å². The number of ether oxygens (including phenoxy) is 4. The van der Waals surface area contributed by atoms with Crippen LogP contribution in [0, 0.1) is 0 Å². The number of carbonyl (C=O) groups excluding carboxylic acids is 1. The number of alkyl halides is 3. The highest BCUT2D eigenvalue weighted by molar-refractivity contribution is 6.42. The number of rotatable bonds is 15. The molecule has 4 aromatic rings. The summed E-state index contributed by atoms with van der Waals surface area (Å²) in [5.74, 6) is 1.63. The Balaban J connectivity index is 1.28. The maximum Gasteiger partial charge on any atom is 0.411 e.